The van der Waals surface area contributed by atoms with Crippen molar-refractivity contribution in [2.45, 2.75) is 45.4 Å². The number of rotatable bonds is 6. The van der Waals surface area contributed by atoms with E-state index in [4.69, 9.17) is 9.47 Å². The summed E-state index contributed by atoms with van der Waals surface area (Å²) in [6.07, 6.45) is -0.959. The van der Waals surface area contributed by atoms with E-state index in [2.05, 4.69) is 39.1 Å². The van der Waals surface area contributed by atoms with Crippen LogP contribution in [0.3, 0.4) is 0 Å². The molecule has 0 aromatic heterocycles. The van der Waals surface area contributed by atoms with Crippen molar-refractivity contribution in [1.82, 2.24) is 5.32 Å². The van der Waals surface area contributed by atoms with Crippen LogP contribution in [0, 0.1) is 28.6 Å². The molecule has 1 aliphatic heterocycles. The van der Waals surface area contributed by atoms with E-state index < -0.39 is 6.10 Å². The van der Waals surface area contributed by atoms with Crippen molar-refractivity contribution >= 4 is 5.97 Å². The number of benzene rings is 2. The van der Waals surface area contributed by atoms with Crippen molar-refractivity contribution in [2.75, 3.05) is 0 Å². The second-order valence-corrected chi connectivity index (χ2v) is 9.10. The number of esters is 1. The highest BCUT2D eigenvalue weighted by Gasteiger charge is 2.71. The summed E-state index contributed by atoms with van der Waals surface area (Å²) < 4.78 is 11.5. The summed E-state index contributed by atoms with van der Waals surface area (Å²) >= 11 is 0. The lowest BCUT2D eigenvalue weighted by atomic mass is 10.0. The fraction of sp³-hybridized carbons (Fsp3) is 0.417. The second-order valence-electron chi connectivity index (χ2n) is 9.10. The van der Waals surface area contributed by atoms with Gasteiger partial charge in [0.15, 0.2) is 0 Å². The molecule has 4 atom stereocenters. The summed E-state index contributed by atoms with van der Waals surface area (Å²) in [6, 6.07) is 19.0. The molecular formula is C24H26N2O3. The molecule has 1 saturated heterocycles. The Morgan fingerprint density at radius 3 is 2.34 bits per heavy atom. The number of hydrogen-bond acceptors (Lipinski definition) is 5. The molecule has 150 valence electrons. The van der Waals surface area contributed by atoms with E-state index >= 15 is 0 Å². The Labute approximate surface area is 171 Å². The molecule has 0 amide bonds. The summed E-state index contributed by atoms with van der Waals surface area (Å²) in [5.41, 5.74) is 0.546. The molecule has 1 unspecified atom stereocenters. The zero-order valence-corrected chi connectivity index (χ0v) is 17.2. The van der Waals surface area contributed by atoms with E-state index in [0.29, 0.717) is 23.1 Å². The third-order valence-electron chi connectivity index (χ3n) is 6.24. The zero-order chi connectivity index (χ0) is 20.8. The summed E-state index contributed by atoms with van der Waals surface area (Å²) in [6.45, 7) is 8.47. The molecule has 5 nitrogen and oxygen atoms in total. The maximum Gasteiger partial charge on any atom is 0.311 e. The van der Waals surface area contributed by atoms with Crippen LogP contribution in [0.5, 0.6) is 11.5 Å². The van der Waals surface area contributed by atoms with Crippen LogP contribution in [0.25, 0.3) is 0 Å². The molecule has 1 N–H and O–H groups in total. The van der Waals surface area contributed by atoms with Gasteiger partial charge in [-0.1, -0.05) is 44.2 Å². The van der Waals surface area contributed by atoms with Gasteiger partial charge in [0.05, 0.1) is 5.92 Å². The van der Waals surface area contributed by atoms with Crippen LogP contribution in [0.2, 0.25) is 0 Å². The Balaban J connectivity index is 1.45. The fourth-order valence-electron chi connectivity index (χ4n) is 4.37. The van der Waals surface area contributed by atoms with Crippen molar-refractivity contribution in [2.24, 2.45) is 17.3 Å². The van der Waals surface area contributed by atoms with E-state index in [-0.39, 0.29) is 28.8 Å². The monoisotopic (exact) mass is 390 g/mol. The number of carbonyl (C=O) groups excluding carboxylic acids is 1. The average Bonchev–Trinajstić information content (AvgIpc) is 3.50. The van der Waals surface area contributed by atoms with E-state index in [0.717, 1.165) is 0 Å². The highest BCUT2D eigenvalue weighted by Crippen LogP contribution is 2.64. The first-order valence-corrected chi connectivity index (χ1v) is 9.95. The van der Waals surface area contributed by atoms with Crippen molar-refractivity contribution in [3.63, 3.8) is 0 Å². The molecule has 1 heterocycles. The minimum Gasteiger partial charge on any atom is -0.457 e. The van der Waals surface area contributed by atoms with Crippen LogP contribution in [0.4, 0.5) is 0 Å². The van der Waals surface area contributed by atoms with E-state index in [9.17, 15) is 10.1 Å². The zero-order valence-electron chi connectivity index (χ0n) is 17.2. The quantitative estimate of drug-likeness (QED) is 0.575. The molecular weight excluding hydrogens is 364 g/mol. The topological polar surface area (TPSA) is 81.3 Å². The maximum atomic E-state index is 12.9. The van der Waals surface area contributed by atoms with Crippen LogP contribution < -0.4 is 10.1 Å². The van der Waals surface area contributed by atoms with Crippen molar-refractivity contribution in [3.8, 4) is 17.6 Å². The molecule has 0 radical (unpaired) electrons. The van der Waals surface area contributed by atoms with Gasteiger partial charge in [0.1, 0.15) is 17.6 Å². The number of nitriles is 1. The standard InChI is InChI=1S/C24H26N2O3/c1-23(2)19(21-24(3,4)26-21)20(23)22(27)29-18(14-25)15-9-8-12-17(13-15)28-16-10-6-5-7-11-16/h5-13,18-21,26H,1-4H3/t18-,19?,20-,21-/m0/s1. The van der Waals surface area contributed by atoms with Gasteiger partial charge in [-0.25, -0.2) is 0 Å². The van der Waals surface area contributed by atoms with Gasteiger partial charge in [-0.3, -0.25) is 4.79 Å². The molecule has 2 aromatic rings. The smallest absolute Gasteiger partial charge is 0.311 e. The highest BCUT2D eigenvalue weighted by atomic mass is 16.5. The predicted octanol–water partition coefficient (Wildman–Crippen LogP) is 4.61. The van der Waals surface area contributed by atoms with Crippen LogP contribution in [-0.4, -0.2) is 17.6 Å². The van der Waals surface area contributed by atoms with Crippen LogP contribution in [0.1, 0.15) is 39.4 Å². The van der Waals surface area contributed by atoms with Crippen LogP contribution in [0.15, 0.2) is 54.6 Å². The Morgan fingerprint density at radius 2 is 1.72 bits per heavy atom. The first-order valence-electron chi connectivity index (χ1n) is 9.95. The summed E-state index contributed by atoms with van der Waals surface area (Å²) in [5, 5.41) is 13.1. The summed E-state index contributed by atoms with van der Waals surface area (Å²) in [4.78, 5) is 12.9. The van der Waals surface area contributed by atoms with Gasteiger partial charge in [-0.15, -0.1) is 0 Å². The largest absolute Gasteiger partial charge is 0.457 e. The molecule has 5 heteroatoms. The molecule has 2 aliphatic rings. The van der Waals surface area contributed by atoms with Crippen molar-refractivity contribution < 1.29 is 14.3 Å². The molecule has 29 heavy (non-hydrogen) atoms. The lowest BCUT2D eigenvalue weighted by Crippen LogP contribution is -2.15. The molecule has 2 aromatic carbocycles. The molecule has 0 bridgehead atoms. The molecule has 1 aliphatic carbocycles. The van der Waals surface area contributed by atoms with Crippen molar-refractivity contribution in [3.05, 3.63) is 60.2 Å². The van der Waals surface area contributed by atoms with E-state index in [1.807, 2.05) is 36.4 Å². The SMILES string of the molecule is CC1(C)N[C@H]1C1[C@@H](C(=O)O[C@@H](C#N)c2cccc(Oc3ccccc3)c2)C1(C)C. The first-order chi connectivity index (χ1) is 13.7. The number of nitrogens with zero attached hydrogens (tertiary/aromatic N) is 1. The number of para-hydroxylation sites is 1. The number of hydrogen-bond donors (Lipinski definition) is 1. The minimum atomic E-state index is -0.959. The minimum absolute atomic E-state index is 0.0642. The summed E-state index contributed by atoms with van der Waals surface area (Å²) in [7, 11) is 0. The molecule has 1 saturated carbocycles. The third-order valence-corrected chi connectivity index (χ3v) is 6.24. The van der Waals surface area contributed by atoms with Crippen molar-refractivity contribution in [1.29, 1.82) is 5.26 Å². The van der Waals surface area contributed by atoms with Gasteiger partial charge in [-0.05, 0) is 49.4 Å². The number of carbonyl (C=O) groups is 1. The third kappa shape index (κ3) is 3.73. The van der Waals surface area contributed by atoms with Gasteiger partial charge in [0.2, 0.25) is 6.10 Å². The Hall–Kier alpha value is -2.84. The van der Waals surface area contributed by atoms with E-state index in [1.54, 1.807) is 18.2 Å². The lowest BCUT2D eigenvalue weighted by molar-refractivity contribution is -0.149. The van der Waals surface area contributed by atoms with Gasteiger partial charge in [-0.2, -0.15) is 5.26 Å². The fourth-order valence-corrected chi connectivity index (χ4v) is 4.37. The first kappa shape index (κ1) is 19.5. The van der Waals surface area contributed by atoms with Gasteiger partial charge in [0.25, 0.3) is 0 Å². The predicted molar refractivity (Wildman–Crippen MR) is 109 cm³/mol. The molecule has 0 spiro atoms. The second kappa shape index (κ2) is 6.89. The number of nitrogens with one attached hydrogen (secondary N) is 1. The van der Waals surface area contributed by atoms with Crippen LogP contribution >= 0.6 is 0 Å². The Kier molecular flexibility index (Phi) is 4.63. The van der Waals surface area contributed by atoms with E-state index in [1.165, 1.54) is 0 Å². The van der Waals surface area contributed by atoms with Gasteiger partial charge < -0.3 is 14.8 Å². The average molecular weight is 390 g/mol. The highest BCUT2D eigenvalue weighted by molar-refractivity contribution is 5.78. The van der Waals surface area contributed by atoms with Gasteiger partial charge >= 0.3 is 5.97 Å². The summed E-state index contributed by atoms with van der Waals surface area (Å²) in [5.74, 6) is 1.04. The van der Waals surface area contributed by atoms with Gasteiger partial charge in [0, 0.05) is 17.1 Å². The molecule has 4 rings (SSSR count). The Morgan fingerprint density at radius 1 is 1.07 bits per heavy atom. The normalized spacial score (nSPS) is 26.7. The Bertz CT molecular complexity index is 962. The lowest BCUT2D eigenvalue weighted by Gasteiger charge is -2.13. The molecule has 2 fully saturated rings. The van der Waals surface area contributed by atoms with Crippen LogP contribution in [-0.2, 0) is 9.53 Å². The number of ether oxygens (including phenoxy) is 2. The maximum absolute atomic E-state index is 12.9.